The molecular weight excluding hydrogens is 388 g/mol. The minimum atomic E-state index is -3.65. The lowest BCUT2D eigenvalue weighted by molar-refractivity contribution is -0.136. The third kappa shape index (κ3) is 4.07. The summed E-state index contributed by atoms with van der Waals surface area (Å²) in [7, 11) is -3.65. The first-order chi connectivity index (χ1) is 12.9. The van der Waals surface area contributed by atoms with E-state index in [0.29, 0.717) is 43.3 Å². The van der Waals surface area contributed by atoms with Crippen LogP contribution in [0.15, 0.2) is 20.2 Å². The van der Waals surface area contributed by atoms with Crippen molar-refractivity contribution in [1.82, 2.24) is 19.3 Å². The van der Waals surface area contributed by atoms with Crippen LogP contribution in [0.2, 0.25) is 0 Å². The van der Waals surface area contributed by atoms with Gasteiger partial charge in [-0.2, -0.15) is 9.29 Å². The minimum Gasteiger partial charge on any atom is -0.343 e. The number of sulfonamides is 1. The van der Waals surface area contributed by atoms with Gasteiger partial charge in [0, 0.05) is 44.0 Å². The molecule has 1 atom stereocenters. The van der Waals surface area contributed by atoms with Crippen LogP contribution in [0.3, 0.4) is 0 Å². The van der Waals surface area contributed by atoms with Gasteiger partial charge in [0.25, 0.3) is 10.0 Å². The summed E-state index contributed by atoms with van der Waals surface area (Å²) < 4.78 is 32.7. The van der Waals surface area contributed by atoms with Crippen LogP contribution < -0.4 is 0 Å². The fraction of sp³-hybridized carbons (Fsp3) is 0.588. The molecule has 1 aliphatic rings. The Hall–Kier alpha value is -1.78. The van der Waals surface area contributed by atoms with E-state index < -0.39 is 10.0 Å². The molecule has 0 aromatic carbocycles. The first kappa shape index (κ1) is 20.0. The van der Waals surface area contributed by atoms with Crippen LogP contribution in [0, 0.1) is 12.8 Å². The van der Waals surface area contributed by atoms with Crippen LogP contribution in [-0.4, -0.2) is 59.8 Å². The van der Waals surface area contributed by atoms with Crippen molar-refractivity contribution in [2.24, 2.45) is 5.92 Å². The maximum atomic E-state index is 13.1. The molecule has 0 unspecified atom stereocenters. The Kier molecular flexibility index (Phi) is 5.97. The molecule has 0 saturated carbocycles. The smallest absolute Gasteiger partial charge is 0.252 e. The summed E-state index contributed by atoms with van der Waals surface area (Å²) in [6.45, 7) is 7.48. The first-order valence-electron chi connectivity index (χ1n) is 9.05. The Morgan fingerprint density at radius 2 is 2.15 bits per heavy atom. The maximum Gasteiger partial charge on any atom is 0.252 e. The number of piperidine rings is 1. The lowest BCUT2D eigenvalue weighted by Crippen LogP contribution is -2.46. The molecule has 10 heteroatoms. The number of nitrogens with zero attached hydrogens (tertiary/aromatic N) is 4. The average molecular weight is 413 g/mol. The highest BCUT2D eigenvalue weighted by atomic mass is 32.2. The normalized spacial score (nSPS) is 18.6. The highest BCUT2D eigenvalue weighted by Crippen LogP contribution is 2.31. The molecule has 0 spiro atoms. The van der Waals surface area contributed by atoms with Crippen molar-refractivity contribution in [2.45, 2.75) is 37.8 Å². The second-order valence-electron chi connectivity index (χ2n) is 6.50. The molecule has 3 rings (SSSR count). The minimum absolute atomic E-state index is 0.0361. The third-order valence-electron chi connectivity index (χ3n) is 4.76. The summed E-state index contributed by atoms with van der Waals surface area (Å²) in [6.07, 6.45) is 1.40. The highest BCUT2D eigenvalue weighted by molar-refractivity contribution is 7.91. The molecule has 27 heavy (non-hydrogen) atoms. The van der Waals surface area contributed by atoms with E-state index >= 15 is 0 Å². The predicted octanol–water partition coefficient (Wildman–Crippen LogP) is 2.38. The van der Waals surface area contributed by atoms with Gasteiger partial charge in [-0.05, 0) is 32.8 Å². The van der Waals surface area contributed by atoms with Gasteiger partial charge >= 0.3 is 0 Å². The monoisotopic (exact) mass is 412 g/mol. The zero-order chi connectivity index (χ0) is 19.6. The number of aryl methyl sites for hydroxylation is 1. The van der Waals surface area contributed by atoms with Crippen molar-refractivity contribution >= 4 is 27.3 Å². The molecule has 1 aliphatic heterocycles. The maximum absolute atomic E-state index is 13.1. The number of carbonyl (C=O) groups excluding carboxylic acids is 1. The van der Waals surface area contributed by atoms with Gasteiger partial charge in [-0.1, -0.05) is 5.16 Å². The van der Waals surface area contributed by atoms with Crippen molar-refractivity contribution < 1.29 is 17.7 Å². The largest absolute Gasteiger partial charge is 0.343 e. The van der Waals surface area contributed by atoms with Gasteiger partial charge < -0.3 is 9.42 Å². The molecular formula is C17H24N4O4S2. The van der Waals surface area contributed by atoms with Crippen LogP contribution in [-0.2, 0) is 14.8 Å². The predicted molar refractivity (Wildman–Crippen MR) is 102 cm³/mol. The van der Waals surface area contributed by atoms with Crippen LogP contribution in [0.4, 0.5) is 0 Å². The molecule has 0 aliphatic carbocycles. The zero-order valence-corrected chi connectivity index (χ0v) is 17.3. The lowest BCUT2D eigenvalue weighted by Gasteiger charge is -2.33. The van der Waals surface area contributed by atoms with Crippen molar-refractivity contribution in [2.75, 3.05) is 26.2 Å². The number of amides is 1. The lowest BCUT2D eigenvalue weighted by atomic mass is 9.98. The molecule has 1 fully saturated rings. The third-order valence-corrected chi connectivity index (χ3v) is 8.04. The SMILES string of the molecule is CCN(CC)C(=O)[C@@H]1CCCN(S(=O)(=O)c2cc(-c3noc(C)n3)cs2)C1. The Morgan fingerprint density at radius 3 is 2.78 bits per heavy atom. The Balaban J connectivity index is 1.78. The molecule has 3 heterocycles. The quantitative estimate of drug-likeness (QED) is 0.723. The van der Waals surface area contributed by atoms with E-state index in [1.54, 1.807) is 23.3 Å². The summed E-state index contributed by atoms with van der Waals surface area (Å²) in [5, 5.41) is 5.54. The van der Waals surface area contributed by atoms with Crippen molar-refractivity contribution in [3.8, 4) is 11.4 Å². The molecule has 0 N–H and O–H groups in total. The van der Waals surface area contributed by atoms with Crippen LogP contribution in [0.25, 0.3) is 11.4 Å². The molecule has 0 bridgehead atoms. The van der Waals surface area contributed by atoms with Gasteiger partial charge in [-0.3, -0.25) is 4.79 Å². The molecule has 2 aromatic heterocycles. The summed E-state index contributed by atoms with van der Waals surface area (Å²) in [5.41, 5.74) is 0.614. The van der Waals surface area contributed by atoms with Gasteiger partial charge in [0.1, 0.15) is 4.21 Å². The molecule has 8 nitrogen and oxygen atoms in total. The topological polar surface area (TPSA) is 96.6 Å². The number of hydrogen-bond donors (Lipinski definition) is 0. The summed E-state index contributed by atoms with van der Waals surface area (Å²) >= 11 is 1.13. The Labute approximate surface area is 163 Å². The number of carbonyl (C=O) groups is 1. The number of thiophene rings is 1. The van der Waals surface area contributed by atoms with Crippen LogP contribution in [0.1, 0.15) is 32.6 Å². The number of aromatic nitrogens is 2. The number of hydrogen-bond acceptors (Lipinski definition) is 7. The first-order valence-corrected chi connectivity index (χ1v) is 11.4. The highest BCUT2D eigenvalue weighted by Gasteiger charge is 2.35. The Bertz CT molecular complexity index is 902. The fourth-order valence-corrected chi connectivity index (χ4v) is 6.10. The fourth-order valence-electron chi connectivity index (χ4n) is 3.27. The van der Waals surface area contributed by atoms with E-state index in [9.17, 15) is 13.2 Å². The van der Waals surface area contributed by atoms with E-state index in [4.69, 9.17) is 4.52 Å². The summed E-state index contributed by atoms with van der Waals surface area (Å²) in [6, 6.07) is 1.57. The van der Waals surface area contributed by atoms with E-state index in [-0.39, 0.29) is 22.6 Å². The van der Waals surface area contributed by atoms with Gasteiger partial charge in [-0.25, -0.2) is 8.42 Å². The van der Waals surface area contributed by atoms with Crippen LogP contribution >= 0.6 is 11.3 Å². The van der Waals surface area contributed by atoms with Gasteiger partial charge in [0.05, 0.1) is 5.92 Å². The van der Waals surface area contributed by atoms with E-state index in [1.807, 2.05) is 13.8 Å². The average Bonchev–Trinajstić information content (AvgIpc) is 3.32. The summed E-state index contributed by atoms with van der Waals surface area (Å²) in [4.78, 5) is 18.5. The Morgan fingerprint density at radius 1 is 1.41 bits per heavy atom. The van der Waals surface area contributed by atoms with Gasteiger partial charge in [0.2, 0.25) is 17.6 Å². The van der Waals surface area contributed by atoms with Crippen molar-refractivity contribution in [3.63, 3.8) is 0 Å². The van der Waals surface area contributed by atoms with Crippen molar-refractivity contribution in [1.29, 1.82) is 0 Å². The van der Waals surface area contributed by atoms with E-state index in [1.165, 1.54) is 4.31 Å². The van der Waals surface area contributed by atoms with Gasteiger partial charge in [-0.15, -0.1) is 11.3 Å². The zero-order valence-electron chi connectivity index (χ0n) is 15.7. The molecule has 0 radical (unpaired) electrons. The van der Waals surface area contributed by atoms with E-state index in [2.05, 4.69) is 10.1 Å². The van der Waals surface area contributed by atoms with Crippen LogP contribution in [0.5, 0.6) is 0 Å². The molecule has 148 valence electrons. The second kappa shape index (κ2) is 8.07. The molecule has 1 saturated heterocycles. The molecule has 2 aromatic rings. The van der Waals surface area contributed by atoms with Crippen molar-refractivity contribution in [3.05, 3.63) is 17.3 Å². The standard InChI is InChI=1S/C17H24N4O4S2/c1-4-20(5-2)17(22)13-7-6-8-21(10-13)27(23,24)15-9-14(11-26-15)16-18-12(3)25-19-16/h9,11,13H,4-8,10H2,1-3H3/t13-/m1/s1. The number of rotatable bonds is 6. The van der Waals surface area contributed by atoms with E-state index in [0.717, 1.165) is 17.8 Å². The molecule has 1 amide bonds. The van der Waals surface area contributed by atoms with Gasteiger partial charge in [0.15, 0.2) is 0 Å². The summed E-state index contributed by atoms with van der Waals surface area (Å²) in [5.74, 6) is 0.551. The second-order valence-corrected chi connectivity index (χ2v) is 9.58.